The zero-order chi connectivity index (χ0) is 18.6. The van der Waals surface area contributed by atoms with Crippen molar-refractivity contribution in [3.63, 3.8) is 0 Å². The van der Waals surface area contributed by atoms with Gasteiger partial charge in [-0.2, -0.15) is 0 Å². The Morgan fingerprint density at radius 3 is 2.70 bits per heavy atom. The summed E-state index contributed by atoms with van der Waals surface area (Å²) in [6.07, 6.45) is 0.951. The molecular weight excluding hydrogens is 358 g/mol. The summed E-state index contributed by atoms with van der Waals surface area (Å²) in [5.41, 5.74) is 3.08. The summed E-state index contributed by atoms with van der Waals surface area (Å²) in [4.78, 5) is 19.9. The Morgan fingerprint density at radius 1 is 1.19 bits per heavy atom. The quantitative estimate of drug-likeness (QED) is 0.715. The Kier molecular flexibility index (Phi) is 5.18. The largest absolute Gasteiger partial charge is 0.497 e. The van der Waals surface area contributed by atoms with Gasteiger partial charge in [0.2, 0.25) is 0 Å². The highest BCUT2D eigenvalue weighted by molar-refractivity contribution is 7.15. The average Bonchev–Trinajstić information content (AvgIpc) is 3.10. The summed E-state index contributed by atoms with van der Waals surface area (Å²) in [5, 5.41) is 3.62. The van der Waals surface area contributed by atoms with E-state index >= 15 is 0 Å². The maximum Gasteiger partial charge on any atom is 0.257 e. The van der Waals surface area contributed by atoms with Crippen LogP contribution in [0.4, 0.5) is 5.13 Å². The molecule has 1 aliphatic rings. The highest BCUT2D eigenvalue weighted by atomic mass is 32.1. The van der Waals surface area contributed by atoms with E-state index < -0.39 is 0 Å². The molecule has 2 aromatic carbocycles. The minimum atomic E-state index is -0.141. The lowest BCUT2D eigenvalue weighted by molar-refractivity contribution is -0.929. The van der Waals surface area contributed by atoms with Crippen LogP contribution in [-0.4, -0.2) is 24.5 Å². The van der Waals surface area contributed by atoms with E-state index in [-0.39, 0.29) is 5.91 Å². The average molecular weight is 380 g/mol. The maximum absolute atomic E-state index is 12.4. The third kappa shape index (κ3) is 4.18. The molecule has 0 saturated heterocycles. The first kappa shape index (κ1) is 17.7. The number of methoxy groups -OCH3 is 1. The van der Waals surface area contributed by atoms with Gasteiger partial charge in [-0.1, -0.05) is 41.7 Å². The van der Waals surface area contributed by atoms with E-state index in [1.807, 2.05) is 6.07 Å². The lowest BCUT2D eigenvalue weighted by Crippen LogP contribution is -3.10. The van der Waals surface area contributed by atoms with Gasteiger partial charge in [-0.25, -0.2) is 4.98 Å². The number of fused-ring (bicyclic) bond motifs is 1. The lowest BCUT2D eigenvalue weighted by atomic mass is 10.1. The molecule has 3 aromatic rings. The van der Waals surface area contributed by atoms with Crippen LogP contribution in [0.2, 0.25) is 0 Å². The van der Waals surface area contributed by atoms with E-state index in [1.165, 1.54) is 15.3 Å². The Morgan fingerprint density at radius 2 is 1.96 bits per heavy atom. The summed E-state index contributed by atoms with van der Waals surface area (Å²) >= 11 is 1.59. The van der Waals surface area contributed by atoms with Gasteiger partial charge in [0.1, 0.15) is 18.8 Å². The number of carbonyl (C=O) groups is 1. The molecule has 0 bridgehead atoms. The molecule has 2 heterocycles. The summed E-state index contributed by atoms with van der Waals surface area (Å²) < 4.78 is 5.13. The Bertz CT molecular complexity index is 922. The second-order valence-electron chi connectivity index (χ2n) is 6.66. The standard InChI is InChI=1S/C21H21N3O2S/c1-26-17-9-7-16(8-10-17)20(25)23-21-22-18-11-12-24(14-19(18)27-21)13-15-5-3-2-4-6-15/h2-10H,11-14H2,1H3,(H,22,23,25)/p+1. The number of hydrogen-bond donors (Lipinski definition) is 2. The van der Waals surface area contributed by atoms with Crippen LogP contribution in [0.5, 0.6) is 5.75 Å². The Labute approximate surface area is 162 Å². The monoisotopic (exact) mass is 380 g/mol. The van der Waals surface area contributed by atoms with Crippen molar-refractivity contribution in [1.29, 1.82) is 0 Å². The number of carbonyl (C=O) groups excluding carboxylic acids is 1. The second kappa shape index (κ2) is 7.90. The number of amides is 1. The molecule has 0 aliphatic carbocycles. The van der Waals surface area contributed by atoms with E-state index in [1.54, 1.807) is 42.7 Å². The van der Waals surface area contributed by atoms with E-state index in [9.17, 15) is 4.79 Å². The molecule has 1 atom stereocenters. The highest BCUT2D eigenvalue weighted by Crippen LogP contribution is 2.25. The number of quaternary nitrogens is 1. The number of anilines is 1. The Balaban J connectivity index is 1.41. The maximum atomic E-state index is 12.4. The van der Waals surface area contributed by atoms with Crippen molar-refractivity contribution in [2.75, 3.05) is 19.0 Å². The molecule has 2 N–H and O–H groups in total. The topological polar surface area (TPSA) is 55.7 Å². The molecule has 1 unspecified atom stereocenters. The van der Waals surface area contributed by atoms with Gasteiger partial charge in [0.15, 0.2) is 5.13 Å². The fourth-order valence-electron chi connectivity index (χ4n) is 3.33. The van der Waals surface area contributed by atoms with Crippen molar-refractivity contribution in [2.24, 2.45) is 0 Å². The van der Waals surface area contributed by atoms with Crippen molar-refractivity contribution in [3.05, 3.63) is 76.3 Å². The van der Waals surface area contributed by atoms with Crippen LogP contribution < -0.4 is 15.0 Å². The normalized spacial score (nSPS) is 15.8. The molecule has 1 aliphatic heterocycles. The Hall–Kier alpha value is -2.70. The predicted molar refractivity (Wildman–Crippen MR) is 106 cm³/mol. The van der Waals surface area contributed by atoms with Gasteiger partial charge in [-0.15, -0.1) is 0 Å². The molecule has 0 saturated carbocycles. The lowest BCUT2D eigenvalue weighted by Gasteiger charge is -2.22. The first-order chi connectivity index (χ1) is 13.2. The van der Waals surface area contributed by atoms with Gasteiger partial charge in [-0.3, -0.25) is 10.1 Å². The molecule has 1 amide bonds. The van der Waals surface area contributed by atoms with Gasteiger partial charge in [0.25, 0.3) is 5.91 Å². The number of aromatic nitrogens is 1. The number of hydrogen-bond acceptors (Lipinski definition) is 4. The molecule has 6 heteroatoms. The first-order valence-electron chi connectivity index (χ1n) is 9.03. The van der Waals surface area contributed by atoms with Crippen LogP contribution in [-0.2, 0) is 19.5 Å². The van der Waals surface area contributed by atoms with Gasteiger partial charge < -0.3 is 9.64 Å². The molecule has 0 radical (unpaired) electrons. The number of thiazole rings is 1. The number of nitrogens with one attached hydrogen (secondary N) is 2. The fraction of sp³-hybridized carbons (Fsp3) is 0.238. The summed E-state index contributed by atoms with van der Waals surface area (Å²) in [6, 6.07) is 17.7. The van der Waals surface area contributed by atoms with Crippen molar-refractivity contribution < 1.29 is 14.4 Å². The minimum absolute atomic E-state index is 0.141. The van der Waals surface area contributed by atoms with E-state index in [2.05, 4.69) is 34.6 Å². The summed E-state index contributed by atoms with van der Waals surface area (Å²) in [7, 11) is 1.61. The number of nitrogens with zero attached hydrogens (tertiary/aromatic N) is 1. The molecule has 0 fully saturated rings. The van der Waals surface area contributed by atoms with Crippen LogP contribution in [0, 0.1) is 0 Å². The van der Waals surface area contributed by atoms with Gasteiger partial charge in [0.05, 0.1) is 24.2 Å². The van der Waals surface area contributed by atoms with Crippen molar-refractivity contribution in [2.45, 2.75) is 19.5 Å². The molecular formula is C21H22N3O2S+. The van der Waals surface area contributed by atoms with Crippen LogP contribution in [0.25, 0.3) is 0 Å². The molecule has 0 spiro atoms. The van der Waals surface area contributed by atoms with Crippen molar-refractivity contribution in [1.82, 2.24) is 4.98 Å². The summed E-state index contributed by atoms with van der Waals surface area (Å²) in [6.45, 7) is 3.05. The zero-order valence-electron chi connectivity index (χ0n) is 15.2. The minimum Gasteiger partial charge on any atom is -0.497 e. The van der Waals surface area contributed by atoms with Crippen LogP contribution in [0.1, 0.15) is 26.5 Å². The number of benzene rings is 2. The van der Waals surface area contributed by atoms with Gasteiger partial charge >= 0.3 is 0 Å². The van der Waals surface area contributed by atoms with Crippen LogP contribution in [0.15, 0.2) is 54.6 Å². The highest BCUT2D eigenvalue weighted by Gasteiger charge is 2.24. The van der Waals surface area contributed by atoms with Crippen molar-refractivity contribution in [3.8, 4) is 5.75 Å². The second-order valence-corrected chi connectivity index (χ2v) is 7.74. The number of ether oxygens (including phenoxy) is 1. The summed E-state index contributed by atoms with van der Waals surface area (Å²) in [5.74, 6) is 0.593. The smallest absolute Gasteiger partial charge is 0.257 e. The van der Waals surface area contributed by atoms with Crippen molar-refractivity contribution >= 4 is 22.4 Å². The third-order valence-electron chi connectivity index (χ3n) is 4.77. The molecule has 5 nitrogen and oxygen atoms in total. The fourth-order valence-corrected chi connectivity index (χ4v) is 4.40. The third-order valence-corrected chi connectivity index (χ3v) is 5.79. The van der Waals surface area contributed by atoms with Gasteiger partial charge in [0, 0.05) is 17.5 Å². The van der Waals surface area contributed by atoms with E-state index in [4.69, 9.17) is 4.74 Å². The molecule has 138 valence electrons. The predicted octanol–water partition coefficient (Wildman–Crippen LogP) is 2.55. The molecule has 27 heavy (non-hydrogen) atoms. The number of rotatable bonds is 5. The molecule has 1 aromatic heterocycles. The van der Waals surface area contributed by atoms with Crippen LogP contribution in [0.3, 0.4) is 0 Å². The van der Waals surface area contributed by atoms with E-state index in [0.29, 0.717) is 10.7 Å². The zero-order valence-corrected chi connectivity index (χ0v) is 16.0. The SMILES string of the molecule is COc1ccc(C(=O)Nc2nc3c(s2)C[NH+](Cc2ccccc2)CC3)cc1. The molecule has 4 rings (SSSR count). The van der Waals surface area contributed by atoms with Gasteiger partial charge in [-0.05, 0) is 24.3 Å². The van der Waals surface area contributed by atoms with E-state index in [0.717, 1.165) is 37.5 Å². The first-order valence-corrected chi connectivity index (χ1v) is 9.84. The van der Waals surface area contributed by atoms with Crippen LogP contribution >= 0.6 is 11.3 Å².